The molecule has 0 spiro atoms. The number of rotatable bonds is 2. The van der Waals surface area contributed by atoms with Crippen LogP contribution in [0.3, 0.4) is 0 Å². The summed E-state index contributed by atoms with van der Waals surface area (Å²) in [5.74, 6) is 0.326. The predicted molar refractivity (Wildman–Crippen MR) is 62.9 cm³/mol. The summed E-state index contributed by atoms with van der Waals surface area (Å²) in [4.78, 5) is 0. The summed E-state index contributed by atoms with van der Waals surface area (Å²) < 4.78 is 38.7. The van der Waals surface area contributed by atoms with Gasteiger partial charge in [0.15, 0.2) is 0 Å². The van der Waals surface area contributed by atoms with Crippen LogP contribution < -0.4 is 0 Å². The standard InChI is InChI=1S/C12H10ClF3N2/c1-8-9(6-13)7-18(17-8)11-4-2-10(3-5-11)12(14,15)16/h2-5,7H,6H2,1H3. The van der Waals surface area contributed by atoms with E-state index in [4.69, 9.17) is 11.6 Å². The number of aryl methyl sites for hydroxylation is 1. The highest BCUT2D eigenvalue weighted by atomic mass is 35.5. The summed E-state index contributed by atoms with van der Waals surface area (Å²) in [6, 6.07) is 4.83. The van der Waals surface area contributed by atoms with Gasteiger partial charge in [-0.25, -0.2) is 4.68 Å². The van der Waals surface area contributed by atoms with Crippen molar-refractivity contribution in [3.05, 3.63) is 47.3 Å². The fourth-order valence-corrected chi connectivity index (χ4v) is 1.82. The quantitative estimate of drug-likeness (QED) is 0.759. The molecule has 0 atom stereocenters. The van der Waals surface area contributed by atoms with Crippen LogP contribution in [0.25, 0.3) is 5.69 Å². The van der Waals surface area contributed by atoms with Crippen molar-refractivity contribution in [2.45, 2.75) is 19.0 Å². The van der Waals surface area contributed by atoms with Gasteiger partial charge in [0.2, 0.25) is 0 Å². The number of aromatic nitrogens is 2. The molecular formula is C12H10ClF3N2. The van der Waals surface area contributed by atoms with Crippen LogP contribution >= 0.6 is 11.6 Å². The third kappa shape index (κ3) is 2.51. The second kappa shape index (κ2) is 4.65. The zero-order chi connectivity index (χ0) is 13.3. The third-order valence-electron chi connectivity index (χ3n) is 2.60. The maximum absolute atomic E-state index is 12.4. The minimum absolute atomic E-state index is 0.326. The molecule has 18 heavy (non-hydrogen) atoms. The third-order valence-corrected chi connectivity index (χ3v) is 2.89. The number of halogens is 4. The summed E-state index contributed by atoms with van der Waals surface area (Å²) in [5, 5.41) is 4.19. The molecule has 6 heteroatoms. The van der Waals surface area contributed by atoms with Crippen molar-refractivity contribution in [3.63, 3.8) is 0 Å². The Hall–Kier alpha value is -1.49. The van der Waals surface area contributed by atoms with Crippen molar-refractivity contribution >= 4 is 11.6 Å². The van der Waals surface area contributed by atoms with E-state index in [0.717, 1.165) is 23.4 Å². The lowest BCUT2D eigenvalue weighted by atomic mass is 10.2. The Bertz CT molecular complexity index is 543. The molecule has 0 fully saturated rings. The Balaban J connectivity index is 2.34. The first-order chi connectivity index (χ1) is 8.41. The number of benzene rings is 1. The lowest BCUT2D eigenvalue weighted by molar-refractivity contribution is -0.137. The number of alkyl halides is 4. The number of hydrogen-bond donors (Lipinski definition) is 0. The van der Waals surface area contributed by atoms with Gasteiger partial charge in [-0.15, -0.1) is 11.6 Å². The molecule has 96 valence electrons. The van der Waals surface area contributed by atoms with Crippen LogP contribution in [0.15, 0.2) is 30.5 Å². The first kappa shape index (κ1) is 13.0. The van der Waals surface area contributed by atoms with Gasteiger partial charge in [-0.3, -0.25) is 0 Å². The van der Waals surface area contributed by atoms with E-state index in [1.54, 1.807) is 13.1 Å². The van der Waals surface area contributed by atoms with Crippen molar-refractivity contribution < 1.29 is 13.2 Å². The molecule has 0 unspecified atom stereocenters. The second-order valence-corrected chi connectivity index (χ2v) is 4.13. The Morgan fingerprint density at radius 3 is 2.28 bits per heavy atom. The van der Waals surface area contributed by atoms with Gasteiger partial charge in [-0.05, 0) is 31.2 Å². The Morgan fingerprint density at radius 2 is 1.83 bits per heavy atom. The van der Waals surface area contributed by atoms with Crippen LogP contribution in [0.4, 0.5) is 13.2 Å². The van der Waals surface area contributed by atoms with Gasteiger partial charge in [0.1, 0.15) is 0 Å². The topological polar surface area (TPSA) is 17.8 Å². The molecule has 1 aromatic heterocycles. The van der Waals surface area contributed by atoms with Crippen molar-refractivity contribution in [2.24, 2.45) is 0 Å². The van der Waals surface area contributed by atoms with E-state index >= 15 is 0 Å². The molecule has 1 heterocycles. The van der Waals surface area contributed by atoms with Crippen molar-refractivity contribution in [1.29, 1.82) is 0 Å². The van der Waals surface area contributed by atoms with E-state index in [1.165, 1.54) is 16.8 Å². The summed E-state index contributed by atoms with van der Waals surface area (Å²) in [6.45, 7) is 1.80. The monoisotopic (exact) mass is 274 g/mol. The van der Waals surface area contributed by atoms with Crippen molar-refractivity contribution in [1.82, 2.24) is 9.78 Å². The van der Waals surface area contributed by atoms with Crippen LogP contribution in [-0.4, -0.2) is 9.78 Å². The van der Waals surface area contributed by atoms with Crippen LogP contribution in [0.1, 0.15) is 16.8 Å². The van der Waals surface area contributed by atoms with E-state index in [9.17, 15) is 13.2 Å². The number of hydrogen-bond acceptors (Lipinski definition) is 1. The van der Waals surface area contributed by atoms with Crippen molar-refractivity contribution in [2.75, 3.05) is 0 Å². The first-order valence-electron chi connectivity index (χ1n) is 5.20. The summed E-state index contributed by atoms with van der Waals surface area (Å²) in [5.41, 5.74) is 1.52. The molecule has 0 aliphatic heterocycles. The second-order valence-electron chi connectivity index (χ2n) is 3.86. The minimum atomic E-state index is -4.32. The van der Waals surface area contributed by atoms with E-state index < -0.39 is 11.7 Å². The van der Waals surface area contributed by atoms with E-state index in [2.05, 4.69) is 5.10 Å². The molecule has 0 saturated heterocycles. The molecule has 0 aliphatic carbocycles. The maximum atomic E-state index is 12.4. The van der Waals surface area contributed by atoms with E-state index in [0.29, 0.717) is 11.6 Å². The van der Waals surface area contributed by atoms with Gasteiger partial charge in [-0.2, -0.15) is 18.3 Å². The molecular weight excluding hydrogens is 265 g/mol. The zero-order valence-electron chi connectivity index (χ0n) is 9.50. The molecule has 1 aromatic carbocycles. The molecule has 2 nitrogen and oxygen atoms in total. The molecule has 0 radical (unpaired) electrons. The summed E-state index contributed by atoms with van der Waals surface area (Å²) in [6.07, 6.45) is -2.61. The Kier molecular flexibility index (Phi) is 3.34. The average Bonchev–Trinajstić information content (AvgIpc) is 2.69. The summed E-state index contributed by atoms with van der Waals surface area (Å²) in [7, 11) is 0. The molecule has 0 N–H and O–H groups in total. The number of nitrogens with zero attached hydrogens (tertiary/aromatic N) is 2. The van der Waals surface area contributed by atoms with E-state index in [1.807, 2.05) is 0 Å². The molecule has 2 aromatic rings. The van der Waals surface area contributed by atoms with Crippen LogP contribution in [0.2, 0.25) is 0 Å². The van der Waals surface area contributed by atoms with Gasteiger partial charge in [-0.1, -0.05) is 0 Å². The van der Waals surface area contributed by atoms with Gasteiger partial charge in [0, 0.05) is 11.8 Å². The highest BCUT2D eigenvalue weighted by Crippen LogP contribution is 2.29. The largest absolute Gasteiger partial charge is 0.416 e. The van der Waals surface area contributed by atoms with Crippen molar-refractivity contribution in [3.8, 4) is 5.69 Å². The lowest BCUT2D eigenvalue weighted by Gasteiger charge is -2.07. The van der Waals surface area contributed by atoms with Gasteiger partial charge in [0.05, 0.1) is 22.8 Å². The van der Waals surface area contributed by atoms with Crippen LogP contribution in [-0.2, 0) is 12.1 Å². The predicted octanol–water partition coefficient (Wildman–Crippen LogP) is 3.94. The fraction of sp³-hybridized carbons (Fsp3) is 0.250. The fourth-order valence-electron chi connectivity index (χ4n) is 1.56. The highest BCUT2D eigenvalue weighted by Gasteiger charge is 2.30. The highest BCUT2D eigenvalue weighted by molar-refractivity contribution is 6.17. The zero-order valence-corrected chi connectivity index (χ0v) is 10.3. The molecule has 0 amide bonds. The first-order valence-corrected chi connectivity index (χ1v) is 5.74. The normalized spacial score (nSPS) is 11.8. The smallest absolute Gasteiger partial charge is 0.240 e. The SMILES string of the molecule is Cc1nn(-c2ccc(C(F)(F)F)cc2)cc1CCl. The van der Waals surface area contributed by atoms with E-state index in [-0.39, 0.29) is 0 Å². The van der Waals surface area contributed by atoms with Gasteiger partial charge < -0.3 is 0 Å². The Morgan fingerprint density at radius 1 is 1.22 bits per heavy atom. The van der Waals surface area contributed by atoms with Crippen LogP contribution in [0.5, 0.6) is 0 Å². The van der Waals surface area contributed by atoms with Crippen LogP contribution in [0, 0.1) is 6.92 Å². The van der Waals surface area contributed by atoms with Gasteiger partial charge in [0.25, 0.3) is 0 Å². The minimum Gasteiger partial charge on any atom is -0.240 e. The summed E-state index contributed by atoms with van der Waals surface area (Å²) >= 11 is 5.72. The average molecular weight is 275 g/mol. The van der Waals surface area contributed by atoms with Gasteiger partial charge >= 0.3 is 6.18 Å². The lowest BCUT2D eigenvalue weighted by Crippen LogP contribution is -2.05. The molecule has 0 aliphatic rings. The Labute approximate surface area is 107 Å². The maximum Gasteiger partial charge on any atom is 0.416 e. The molecule has 0 saturated carbocycles. The molecule has 0 bridgehead atoms. The molecule has 2 rings (SSSR count).